The molecule has 4 nitrogen and oxygen atoms in total. The van der Waals surface area contributed by atoms with Crippen molar-refractivity contribution in [3.63, 3.8) is 0 Å². The van der Waals surface area contributed by atoms with Gasteiger partial charge in [0.2, 0.25) is 5.88 Å². The maximum atomic E-state index is 12.4. The molecule has 0 N–H and O–H groups in total. The molecule has 0 unspecified atom stereocenters. The van der Waals surface area contributed by atoms with E-state index in [1.165, 1.54) is 0 Å². The maximum Gasteiger partial charge on any atom is 0.238 e. The fraction of sp³-hybridized carbons (Fsp3) is 0.0417. The summed E-state index contributed by atoms with van der Waals surface area (Å²) in [5, 5.41) is 0.608. The van der Waals surface area contributed by atoms with Gasteiger partial charge in [0.1, 0.15) is 5.75 Å². The minimum atomic E-state index is -0.0690. The van der Waals surface area contributed by atoms with Gasteiger partial charge in [-0.25, -0.2) is 9.97 Å². The Morgan fingerprint density at radius 1 is 1.00 bits per heavy atom. The Hall–Kier alpha value is -3.50. The number of hydrogen-bond acceptors (Lipinski definition) is 4. The third-order valence-corrected chi connectivity index (χ3v) is 4.55. The minimum absolute atomic E-state index is 0.0690. The predicted molar refractivity (Wildman–Crippen MR) is 116 cm³/mol. The minimum Gasteiger partial charge on any atom is -0.437 e. The molecular formula is C24H17ClN2O2. The van der Waals surface area contributed by atoms with E-state index in [0.717, 1.165) is 11.1 Å². The van der Waals surface area contributed by atoms with Gasteiger partial charge in [0.05, 0.1) is 17.2 Å². The summed E-state index contributed by atoms with van der Waals surface area (Å²) < 4.78 is 5.76. The van der Waals surface area contributed by atoms with Gasteiger partial charge in [0.25, 0.3) is 0 Å². The summed E-state index contributed by atoms with van der Waals surface area (Å²) in [4.78, 5) is 21.1. The second kappa shape index (κ2) is 8.25. The molecule has 0 aliphatic carbocycles. The molecule has 1 aromatic heterocycles. The lowest BCUT2D eigenvalue weighted by Gasteiger charge is -2.06. The predicted octanol–water partition coefficient (Wildman–Crippen LogP) is 6.28. The largest absolute Gasteiger partial charge is 0.437 e. The van der Waals surface area contributed by atoms with E-state index >= 15 is 0 Å². The highest BCUT2D eigenvalue weighted by atomic mass is 35.5. The van der Waals surface area contributed by atoms with Crippen LogP contribution < -0.4 is 4.74 Å². The van der Waals surface area contributed by atoms with Crippen LogP contribution in [-0.2, 0) is 0 Å². The average Bonchev–Trinajstić information content (AvgIpc) is 2.73. The van der Waals surface area contributed by atoms with Crippen molar-refractivity contribution in [2.45, 2.75) is 6.92 Å². The van der Waals surface area contributed by atoms with Crippen molar-refractivity contribution in [3.8, 4) is 11.6 Å². The molecule has 0 amide bonds. The lowest BCUT2D eigenvalue weighted by Crippen LogP contribution is -1.95. The maximum absolute atomic E-state index is 12.4. The monoisotopic (exact) mass is 400 g/mol. The van der Waals surface area contributed by atoms with Gasteiger partial charge >= 0.3 is 0 Å². The number of ether oxygens (including phenoxy) is 1. The highest BCUT2D eigenvalue weighted by molar-refractivity contribution is 6.31. The SMILES string of the molecule is Cc1cccc(/C=C/C(=O)c2ccc(Oc3cnc4cc(Cl)ccc4n3)cc2)c1. The summed E-state index contributed by atoms with van der Waals surface area (Å²) in [6, 6.07) is 20.2. The number of ketones is 1. The Labute approximate surface area is 173 Å². The molecular weight excluding hydrogens is 384 g/mol. The van der Waals surface area contributed by atoms with Crippen molar-refractivity contribution < 1.29 is 9.53 Å². The number of hydrogen-bond donors (Lipinski definition) is 0. The molecule has 29 heavy (non-hydrogen) atoms. The average molecular weight is 401 g/mol. The van der Waals surface area contributed by atoms with E-state index in [1.807, 2.05) is 37.3 Å². The molecule has 0 aliphatic rings. The summed E-state index contributed by atoms with van der Waals surface area (Å²) in [6.45, 7) is 2.02. The van der Waals surface area contributed by atoms with E-state index in [1.54, 1.807) is 54.7 Å². The number of fused-ring (bicyclic) bond motifs is 1. The first-order valence-electron chi connectivity index (χ1n) is 9.06. The van der Waals surface area contributed by atoms with Crippen LogP contribution in [0.15, 0.2) is 79.0 Å². The number of rotatable bonds is 5. The summed E-state index contributed by atoms with van der Waals surface area (Å²) in [6.07, 6.45) is 4.93. The molecule has 4 rings (SSSR count). The van der Waals surface area contributed by atoms with Gasteiger partial charge in [-0.2, -0.15) is 0 Å². The smallest absolute Gasteiger partial charge is 0.238 e. The summed E-state index contributed by atoms with van der Waals surface area (Å²) >= 11 is 5.96. The van der Waals surface area contributed by atoms with Crippen LogP contribution in [0.25, 0.3) is 17.1 Å². The molecule has 0 spiro atoms. The molecule has 142 valence electrons. The first-order chi connectivity index (χ1) is 14.1. The molecule has 0 aliphatic heterocycles. The third-order valence-electron chi connectivity index (χ3n) is 4.31. The standard InChI is InChI=1S/C24H17ClN2O2/c1-16-3-2-4-17(13-16)5-12-23(28)18-6-9-20(10-7-18)29-24-15-26-22-14-19(25)8-11-21(22)27-24/h2-15H,1H3/b12-5+. The fourth-order valence-electron chi connectivity index (χ4n) is 2.87. The Kier molecular flexibility index (Phi) is 5.36. The van der Waals surface area contributed by atoms with E-state index in [4.69, 9.17) is 16.3 Å². The molecule has 0 atom stereocenters. The molecule has 0 bridgehead atoms. The Morgan fingerprint density at radius 2 is 1.83 bits per heavy atom. The molecule has 3 aromatic carbocycles. The van der Waals surface area contributed by atoms with Crippen molar-refractivity contribution in [2.75, 3.05) is 0 Å². The molecule has 1 heterocycles. The lowest BCUT2D eigenvalue weighted by atomic mass is 10.1. The van der Waals surface area contributed by atoms with Crippen LogP contribution in [0.4, 0.5) is 0 Å². The number of allylic oxidation sites excluding steroid dienone is 1. The second-order valence-corrected chi connectivity index (χ2v) is 7.02. The van der Waals surface area contributed by atoms with Gasteiger partial charge in [-0.3, -0.25) is 4.79 Å². The summed E-state index contributed by atoms with van der Waals surface area (Å²) in [7, 11) is 0. The molecule has 0 saturated carbocycles. The summed E-state index contributed by atoms with van der Waals surface area (Å²) in [5.74, 6) is 0.880. The second-order valence-electron chi connectivity index (χ2n) is 6.58. The van der Waals surface area contributed by atoms with Gasteiger partial charge in [-0.1, -0.05) is 47.5 Å². The van der Waals surface area contributed by atoms with Gasteiger partial charge in [-0.15, -0.1) is 0 Å². The van der Waals surface area contributed by atoms with Crippen LogP contribution in [0.1, 0.15) is 21.5 Å². The number of nitrogens with zero attached hydrogens (tertiary/aromatic N) is 2. The number of aryl methyl sites for hydroxylation is 1. The number of aromatic nitrogens is 2. The third kappa shape index (κ3) is 4.68. The van der Waals surface area contributed by atoms with Crippen molar-refractivity contribution in [2.24, 2.45) is 0 Å². The van der Waals surface area contributed by atoms with Crippen LogP contribution in [0.5, 0.6) is 11.6 Å². The van der Waals surface area contributed by atoms with Crippen molar-refractivity contribution in [3.05, 3.63) is 101 Å². The van der Waals surface area contributed by atoms with Gasteiger partial charge in [0, 0.05) is 10.6 Å². The van der Waals surface area contributed by atoms with E-state index < -0.39 is 0 Å². The van der Waals surface area contributed by atoms with Gasteiger partial charge in [-0.05, 0) is 61.0 Å². The highest BCUT2D eigenvalue weighted by Gasteiger charge is 2.06. The van der Waals surface area contributed by atoms with E-state index in [-0.39, 0.29) is 5.78 Å². The zero-order valence-electron chi connectivity index (χ0n) is 15.7. The number of carbonyl (C=O) groups is 1. The van der Waals surface area contributed by atoms with Crippen molar-refractivity contribution in [1.29, 1.82) is 0 Å². The quantitative estimate of drug-likeness (QED) is 0.292. The summed E-state index contributed by atoms with van der Waals surface area (Å²) in [5.41, 5.74) is 4.13. The Balaban J connectivity index is 1.46. The Morgan fingerprint density at radius 3 is 2.62 bits per heavy atom. The molecule has 0 radical (unpaired) electrons. The van der Waals surface area contributed by atoms with E-state index in [0.29, 0.717) is 33.2 Å². The normalized spacial score (nSPS) is 11.1. The van der Waals surface area contributed by atoms with Crippen LogP contribution in [-0.4, -0.2) is 15.8 Å². The number of benzene rings is 3. The van der Waals surface area contributed by atoms with Crippen LogP contribution in [0.2, 0.25) is 5.02 Å². The number of carbonyl (C=O) groups excluding carboxylic acids is 1. The fourth-order valence-corrected chi connectivity index (χ4v) is 3.03. The van der Waals surface area contributed by atoms with Gasteiger partial charge < -0.3 is 4.74 Å². The Bertz CT molecular complexity index is 1220. The van der Waals surface area contributed by atoms with Crippen LogP contribution >= 0.6 is 11.6 Å². The molecule has 5 heteroatoms. The number of halogens is 1. The van der Waals surface area contributed by atoms with Crippen molar-refractivity contribution >= 4 is 34.5 Å². The van der Waals surface area contributed by atoms with E-state index in [9.17, 15) is 4.79 Å². The molecule has 0 fully saturated rings. The molecule has 0 saturated heterocycles. The zero-order valence-corrected chi connectivity index (χ0v) is 16.4. The van der Waals surface area contributed by atoms with Crippen LogP contribution in [0, 0.1) is 6.92 Å². The van der Waals surface area contributed by atoms with Crippen LogP contribution in [0.3, 0.4) is 0 Å². The van der Waals surface area contributed by atoms with E-state index in [2.05, 4.69) is 9.97 Å². The first-order valence-corrected chi connectivity index (χ1v) is 9.44. The van der Waals surface area contributed by atoms with Gasteiger partial charge in [0.15, 0.2) is 5.78 Å². The van der Waals surface area contributed by atoms with Crippen molar-refractivity contribution in [1.82, 2.24) is 9.97 Å². The lowest BCUT2D eigenvalue weighted by molar-refractivity contribution is 0.104. The topological polar surface area (TPSA) is 52.1 Å². The zero-order chi connectivity index (χ0) is 20.2. The first kappa shape index (κ1) is 18.8. The molecule has 4 aromatic rings. The highest BCUT2D eigenvalue weighted by Crippen LogP contribution is 2.23.